The van der Waals surface area contributed by atoms with Crippen molar-refractivity contribution in [3.05, 3.63) is 47.8 Å². The molecule has 2 aromatic heterocycles. The summed E-state index contributed by atoms with van der Waals surface area (Å²) in [6.45, 7) is 3.42. The number of rotatable bonds is 4. The van der Waals surface area contributed by atoms with E-state index in [1.807, 2.05) is 4.90 Å². The lowest BCUT2D eigenvalue weighted by molar-refractivity contribution is -0.916. The molecular formula is C22H24F2N5O2+. The second kappa shape index (κ2) is 7.88. The van der Waals surface area contributed by atoms with Crippen molar-refractivity contribution >= 4 is 11.6 Å². The normalized spacial score (nSPS) is 21.0. The van der Waals surface area contributed by atoms with Crippen LogP contribution in [-0.2, 0) is 0 Å². The van der Waals surface area contributed by atoms with Crippen molar-refractivity contribution in [2.75, 3.05) is 33.3 Å². The minimum atomic E-state index is -2.75. The highest BCUT2D eigenvalue weighted by atomic mass is 19.3. The lowest BCUT2D eigenvalue weighted by Crippen LogP contribution is -3.16. The van der Waals surface area contributed by atoms with Gasteiger partial charge in [0.05, 0.1) is 45.2 Å². The number of nitrogens with one attached hydrogen (secondary N) is 1. The van der Waals surface area contributed by atoms with Crippen molar-refractivity contribution in [1.29, 1.82) is 0 Å². The Morgan fingerprint density at radius 3 is 2.81 bits per heavy atom. The highest BCUT2D eigenvalue weighted by Crippen LogP contribution is 2.28. The third kappa shape index (κ3) is 3.52. The number of piperazine rings is 1. The van der Waals surface area contributed by atoms with Gasteiger partial charge in [-0.25, -0.2) is 18.3 Å². The number of amides is 1. The maximum absolute atomic E-state index is 13.8. The number of carbonyl (C=O) groups excluding carboxylic acids is 1. The second-order valence-electron chi connectivity index (χ2n) is 8.14. The van der Waals surface area contributed by atoms with E-state index in [0.29, 0.717) is 36.1 Å². The average Bonchev–Trinajstić information content (AvgIpc) is 3.44. The summed E-state index contributed by atoms with van der Waals surface area (Å²) in [5, 5.41) is 4.09. The van der Waals surface area contributed by atoms with Crippen LogP contribution in [0.4, 0.5) is 8.78 Å². The van der Waals surface area contributed by atoms with Crippen LogP contribution < -0.4 is 9.64 Å². The number of hydrogen-bond acceptors (Lipinski definition) is 4. The van der Waals surface area contributed by atoms with Gasteiger partial charge in [0, 0.05) is 18.4 Å². The van der Waals surface area contributed by atoms with Crippen molar-refractivity contribution in [2.24, 2.45) is 0 Å². The highest BCUT2D eigenvalue weighted by molar-refractivity contribution is 6.00. The van der Waals surface area contributed by atoms with Gasteiger partial charge in [-0.15, -0.1) is 0 Å². The van der Waals surface area contributed by atoms with E-state index in [1.54, 1.807) is 36.3 Å². The first-order valence-electron chi connectivity index (χ1n) is 10.5. The van der Waals surface area contributed by atoms with E-state index in [0.717, 1.165) is 24.0 Å². The molecule has 2 atom stereocenters. The number of alkyl halides is 2. The minimum Gasteiger partial charge on any atom is -0.497 e. The number of quaternary nitrogens is 1. The summed E-state index contributed by atoms with van der Waals surface area (Å²) in [7, 11) is 1.56. The summed E-state index contributed by atoms with van der Waals surface area (Å²) in [6.07, 6.45) is 0.908. The number of halogens is 2. The summed E-state index contributed by atoms with van der Waals surface area (Å²) >= 11 is 0. The van der Waals surface area contributed by atoms with E-state index in [4.69, 9.17) is 4.74 Å². The van der Waals surface area contributed by atoms with E-state index in [2.05, 4.69) is 10.1 Å². The Balaban J connectivity index is 1.54. The summed E-state index contributed by atoms with van der Waals surface area (Å²) in [5.41, 5.74) is 1.16. The van der Waals surface area contributed by atoms with Crippen molar-refractivity contribution in [3.63, 3.8) is 0 Å². The first-order valence-corrected chi connectivity index (χ1v) is 10.5. The fourth-order valence-corrected chi connectivity index (χ4v) is 4.73. The average molecular weight is 428 g/mol. The van der Waals surface area contributed by atoms with E-state index < -0.39 is 6.43 Å². The van der Waals surface area contributed by atoms with Crippen molar-refractivity contribution in [1.82, 2.24) is 19.5 Å². The fourth-order valence-electron chi connectivity index (χ4n) is 4.73. The monoisotopic (exact) mass is 428 g/mol. The quantitative estimate of drug-likeness (QED) is 0.689. The molecule has 2 aliphatic heterocycles. The maximum atomic E-state index is 13.8. The zero-order chi connectivity index (χ0) is 21.5. The molecule has 162 valence electrons. The molecule has 2 saturated heterocycles. The van der Waals surface area contributed by atoms with E-state index in [9.17, 15) is 13.6 Å². The van der Waals surface area contributed by atoms with Crippen LogP contribution in [0.25, 0.3) is 16.9 Å². The zero-order valence-electron chi connectivity index (χ0n) is 17.2. The molecule has 5 rings (SSSR count). The Morgan fingerprint density at radius 1 is 1.26 bits per heavy atom. The largest absolute Gasteiger partial charge is 0.497 e. The number of fused-ring (bicyclic) bond motifs is 2. The first-order chi connectivity index (χ1) is 15.0. The van der Waals surface area contributed by atoms with Crippen molar-refractivity contribution in [2.45, 2.75) is 25.3 Å². The Kier molecular flexibility index (Phi) is 5.05. The van der Waals surface area contributed by atoms with Gasteiger partial charge in [0.2, 0.25) is 0 Å². The van der Waals surface area contributed by atoms with Crippen LogP contribution in [0.2, 0.25) is 0 Å². The van der Waals surface area contributed by atoms with Crippen molar-refractivity contribution in [3.8, 4) is 17.0 Å². The Labute approximate surface area is 178 Å². The molecule has 1 unspecified atom stereocenters. The van der Waals surface area contributed by atoms with Crippen LogP contribution in [0.15, 0.2) is 36.5 Å². The molecule has 0 spiro atoms. The smallest absolute Gasteiger partial charge is 0.280 e. The number of methoxy groups -OCH3 is 1. The molecular weight excluding hydrogens is 404 g/mol. The Morgan fingerprint density at radius 2 is 2.06 bits per heavy atom. The maximum Gasteiger partial charge on any atom is 0.280 e. The molecule has 0 saturated carbocycles. The molecule has 31 heavy (non-hydrogen) atoms. The summed E-state index contributed by atoms with van der Waals surface area (Å²) in [5.74, 6) is 0.466. The number of ether oxygens (including phenoxy) is 1. The van der Waals surface area contributed by atoms with Gasteiger partial charge in [0.1, 0.15) is 23.0 Å². The topological polar surface area (TPSA) is 64.2 Å². The van der Waals surface area contributed by atoms with Gasteiger partial charge in [0.25, 0.3) is 12.3 Å². The van der Waals surface area contributed by atoms with E-state index >= 15 is 0 Å². The molecule has 9 heteroatoms. The molecule has 0 aliphatic carbocycles. The van der Waals surface area contributed by atoms with Crippen LogP contribution in [0, 0.1) is 0 Å². The molecule has 4 heterocycles. The zero-order valence-corrected chi connectivity index (χ0v) is 17.2. The van der Waals surface area contributed by atoms with E-state index in [1.165, 1.54) is 18.7 Å². The first kappa shape index (κ1) is 19.9. The van der Waals surface area contributed by atoms with Crippen LogP contribution >= 0.6 is 0 Å². The second-order valence-corrected chi connectivity index (χ2v) is 8.14. The lowest BCUT2D eigenvalue weighted by Gasteiger charge is -2.34. The van der Waals surface area contributed by atoms with Crippen molar-refractivity contribution < 1.29 is 23.2 Å². The third-order valence-corrected chi connectivity index (χ3v) is 6.40. The van der Waals surface area contributed by atoms with Crippen LogP contribution in [-0.4, -0.2) is 64.7 Å². The standard InChI is InChI=1S/C22H23F2N5O2/c1-31-16-6-4-14(5-7-16)18-11-19(20(23)24)29-21(26-18)17(12-25-29)22(30)28-10-9-27-8-2-3-15(27)13-28/h4-7,11-12,15,20H,2-3,8-10,13H2,1H3/p+1/t15-/m1/s1. The predicted molar refractivity (Wildman–Crippen MR) is 110 cm³/mol. The summed E-state index contributed by atoms with van der Waals surface area (Å²) < 4.78 is 33.9. The van der Waals surface area contributed by atoms with Gasteiger partial charge in [-0.2, -0.15) is 5.10 Å². The third-order valence-electron chi connectivity index (χ3n) is 6.40. The van der Waals surface area contributed by atoms with Gasteiger partial charge in [-0.05, 0) is 30.3 Å². The van der Waals surface area contributed by atoms with Crippen LogP contribution in [0.1, 0.15) is 35.3 Å². The highest BCUT2D eigenvalue weighted by Gasteiger charge is 2.37. The molecule has 1 amide bonds. The van der Waals surface area contributed by atoms with Crippen LogP contribution in [0.3, 0.4) is 0 Å². The minimum absolute atomic E-state index is 0.162. The summed E-state index contributed by atoms with van der Waals surface area (Å²) in [6, 6.07) is 8.78. The SMILES string of the molecule is COc1ccc(-c2cc(C(F)F)n3ncc(C(=O)N4CC[NH+]5CCC[C@@H]5C4)c3n2)cc1. The lowest BCUT2D eigenvalue weighted by atomic mass is 10.1. The van der Waals surface area contributed by atoms with Gasteiger partial charge in [-0.3, -0.25) is 4.79 Å². The molecule has 2 fully saturated rings. The Bertz CT molecular complexity index is 1120. The van der Waals surface area contributed by atoms with Gasteiger partial charge < -0.3 is 14.5 Å². The Hall–Kier alpha value is -3.07. The molecule has 0 bridgehead atoms. The predicted octanol–water partition coefficient (Wildman–Crippen LogP) is 1.85. The molecule has 0 radical (unpaired) electrons. The number of carbonyl (C=O) groups is 1. The van der Waals surface area contributed by atoms with Crippen LogP contribution in [0.5, 0.6) is 5.75 Å². The summed E-state index contributed by atoms with van der Waals surface area (Å²) in [4.78, 5) is 21.2. The van der Waals surface area contributed by atoms with E-state index in [-0.39, 0.29) is 22.8 Å². The molecule has 7 nitrogen and oxygen atoms in total. The molecule has 1 aromatic carbocycles. The number of hydrogen-bond donors (Lipinski definition) is 1. The fraction of sp³-hybridized carbons (Fsp3) is 0.409. The molecule has 1 N–H and O–H groups in total. The van der Waals surface area contributed by atoms with Gasteiger partial charge in [-0.1, -0.05) is 0 Å². The van der Waals surface area contributed by atoms with Gasteiger partial charge >= 0.3 is 0 Å². The number of benzene rings is 1. The number of nitrogens with zero attached hydrogens (tertiary/aromatic N) is 4. The van der Waals surface area contributed by atoms with Gasteiger partial charge in [0.15, 0.2) is 5.65 Å². The number of aromatic nitrogens is 3. The molecule has 2 aliphatic rings. The molecule has 3 aromatic rings.